The number of nitrogens with zero attached hydrogens (tertiary/aromatic N) is 1. The van der Waals surface area contributed by atoms with Crippen LogP contribution in [-0.2, 0) is 20.9 Å². The Bertz CT molecular complexity index is 1160. The highest BCUT2D eigenvalue weighted by Gasteiger charge is 2.12. The van der Waals surface area contributed by atoms with Crippen molar-refractivity contribution in [2.24, 2.45) is 5.10 Å². The van der Waals surface area contributed by atoms with Gasteiger partial charge in [-0.05, 0) is 55.3 Å². The van der Waals surface area contributed by atoms with Gasteiger partial charge in [-0.15, -0.1) is 0 Å². The zero-order chi connectivity index (χ0) is 23.6. The van der Waals surface area contributed by atoms with Gasteiger partial charge in [0.25, 0.3) is 5.91 Å². The molecule has 0 aliphatic carbocycles. The molecule has 3 amide bonds. The number of hydrogen-bond acceptors (Lipinski definition) is 6. The topological polar surface area (TPSA) is 122 Å². The van der Waals surface area contributed by atoms with Crippen LogP contribution in [0.3, 0.4) is 0 Å². The molecule has 3 aromatic rings. The summed E-state index contributed by atoms with van der Waals surface area (Å²) in [5.41, 5.74) is 5.58. The van der Waals surface area contributed by atoms with Crippen LogP contribution < -0.4 is 20.8 Å². The number of aryl methyl sites for hydroxylation is 2. The molecule has 0 atom stereocenters. The molecule has 1 aromatic heterocycles. The van der Waals surface area contributed by atoms with E-state index in [1.54, 1.807) is 36.4 Å². The molecular formula is C24H24N4O5. The molecule has 0 unspecified atom stereocenters. The molecule has 9 nitrogen and oxygen atoms in total. The van der Waals surface area contributed by atoms with Gasteiger partial charge in [0, 0.05) is 5.69 Å². The molecule has 9 heteroatoms. The molecule has 0 aliphatic heterocycles. The van der Waals surface area contributed by atoms with Crippen LogP contribution in [0.1, 0.15) is 22.5 Å². The van der Waals surface area contributed by atoms with Gasteiger partial charge in [0.2, 0.25) is 0 Å². The number of hydrazone groups is 1. The largest absolute Gasteiger partial charge is 0.484 e. The van der Waals surface area contributed by atoms with E-state index in [1.165, 1.54) is 12.5 Å². The Balaban J connectivity index is 1.45. The Labute approximate surface area is 190 Å². The van der Waals surface area contributed by atoms with E-state index in [4.69, 9.17) is 9.15 Å². The van der Waals surface area contributed by atoms with E-state index in [9.17, 15) is 14.4 Å². The first-order valence-corrected chi connectivity index (χ1v) is 10.1. The molecule has 0 aliphatic rings. The quantitative estimate of drug-likeness (QED) is 0.278. The second-order valence-corrected chi connectivity index (χ2v) is 7.19. The number of amides is 3. The molecule has 0 spiro atoms. The first-order valence-electron chi connectivity index (χ1n) is 10.1. The van der Waals surface area contributed by atoms with E-state index in [0.717, 1.165) is 16.8 Å². The maximum atomic E-state index is 12.2. The number of anilines is 1. The number of benzene rings is 2. The van der Waals surface area contributed by atoms with E-state index in [2.05, 4.69) is 21.2 Å². The van der Waals surface area contributed by atoms with Gasteiger partial charge in [0.1, 0.15) is 11.5 Å². The van der Waals surface area contributed by atoms with Crippen LogP contribution in [0.4, 0.5) is 5.69 Å². The van der Waals surface area contributed by atoms with Crippen molar-refractivity contribution in [1.82, 2.24) is 10.7 Å². The molecule has 0 radical (unpaired) electrons. The molecule has 1 heterocycles. The summed E-state index contributed by atoms with van der Waals surface area (Å²) >= 11 is 0. The summed E-state index contributed by atoms with van der Waals surface area (Å²) in [4.78, 5) is 35.7. The second-order valence-electron chi connectivity index (χ2n) is 7.19. The Kier molecular flexibility index (Phi) is 7.96. The molecule has 0 saturated heterocycles. The number of carbonyl (C=O) groups is 3. The van der Waals surface area contributed by atoms with E-state index in [0.29, 0.717) is 17.1 Å². The van der Waals surface area contributed by atoms with Gasteiger partial charge >= 0.3 is 11.8 Å². The van der Waals surface area contributed by atoms with Crippen LogP contribution in [0, 0.1) is 13.8 Å². The third-order valence-electron chi connectivity index (χ3n) is 4.47. The summed E-state index contributed by atoms with van der Waals surface area (Å²) in [6.07, 6.45) is 2.83. The highest BCUT2D eigenvalue weighted by atomic mass is 16.5. The average molecular weight is 448 g/mol. The Morgan fingerprint density at radius 3 is 2.64 bits per heavy atom. The minimum Gasteiger partial charge on any atom is -0.484 e. The fourth-order valence-electron chi connectivity index (χ4n) is 2.85. The van der Waals surface area contributed by atoms with Gasteiger partial charge in [0.05, 0.1) is 19.0 Å². The van der Waals surface area contributed by atoms with E-state index < -0.39 is 11.8 Å². The predicted octanol–water partition coefficient (Wildman–Crippen LogP) is 2.68. The van der Waals surface area contributed by atoms with Gasteiger partial charge < -0.3 is 19.8 Å². The van der Waals surface area contributed by atoms with Crippen LogP contribution in [0.5, 0.6) is 5.75 Å². The fraction of sp³-hybridized carbons (Fsp3) is 0.167. The van der Waals surface area contributed by atoms with Crippen LogP contribution in [0.2, 0.25) is 0 Å². The first-order chi connectivity index (χ1) is 15.9. The highest BCUT2D eigenvalue weighted by molar-refractivity contribution is 6.35. The Morgan fingerprint density at radius 1 is 1.03 bits per heavy atom. The first kappa shape index (κ1) is 23.3. The molecule has 33 heavy (non-hydrogen) atoms. The zero-order valence-corrected chi connectivity index (χ0v) is 18.3. The minimum atomic E-state index is -0.909. The van der Waals surface area contributed by atoms with E-state index in [-0.39, 0.29) is 19.1 Å². The lowest BCUT2D eigenvalue weighted by Gasteiger charge is -2.10. The summed E-state index contributed by atoms with van der Waals surface area (Å²) in [5.74, 6) is -1.05. The second kappa shape index (κ2) is 11.3. The third kappa shape index (κ3) is 7.35. The Hall–Kier alpha value is -4.40. The number of ether oxygens (including phenoxy) is 1. The SMILES string of the molecule is Cc1ccc(NC(=O)COc2cccc(/C=N\NC(=O)C(=O)NCc3ccco3)c2)c(C)c1. The van der Waals surface area contributed by atoms with E-state index >= 15 is 0 Å². The number of nitrogens with one attached hydrogen (secondary N) is 3. The molecule has 2 aromatic carbocycles. The summed E-state index contributed by atoms with van der Waals surface area (Å²) in [6.45, 7) is 3.84. The smallest absolute Gasteiger partial charge is 0.329 e. The normalized spacial score (nSPS) is 10.6. The molecule has 3 N–H and O–H groups in total. The van der Waals surface area contributed by atoms with Crippen molar-refractivity contribution < 1.29 is 23.5 Å². The van der Waals surface area contributed by atoms with Crippen molar-refractivity contribution in [3.8, 4) is 5.75 Å². The summed E-state index contributed by atoms with van der Waals surface area (Å²) in [5, 5.41) is 9.01. The van der Waals surface area contributed by atoms with Gasteiger partial charge in [-0.1, -0.05) is 29.8 Å². The summed E-state index contributed by atoms with van der Waals surface area (Å²) < 4.78 is 10.6. The maximum absolute atomic E-state index is 12.2. The van der Waals surface area contributed by atoms with Crippen LogP contribution in [-0.4, -0.2) is 30.5 Å². The molecule has 3 rings (SSSR count). The monoisotopic (exact) mass is 448 g/mol. The van der Waals surface area contributed by atoms with Gasteiger partial charge in [-0.2, -0.15) is 5.10 Å². The number of furan rings is 1. The Morgan fingerprint density at radius 2 is 1.88 bits per heavy atom. The van der Waals surface area contributed by atoms with Crippen molar-refractivity contribution in [2.75, 3.05) is 11.9 Å². The molecule has 170 valence electrons. The lowest BCUT2D eigenvalue weighted by Crippen LogP contribution is -2.37. The minimum absolute atomic E-state index is 0.0966. The van der Waals surface area contributed by atoms with Crippen molar-refractivity contribution in [1.29, 1.82) is 0 Å². The van der Waals surface area contributed by atoms with E-state index in [1.807, 2.05) is 32.0 Å². The number of carbonyl (C=O) groups excluding carboxylic acids is 3. The molecular weight excluding hydrogens is 424 g/mol. The molecule has 0 saturated carbocycles. The fourth-order valence-corrected chi connectivity index (χ4v) is 2.85. The van der Waals surface area contributed by atoms with Crippen molar-refractivity contribution in [2.45, 2.75) is 20.4 Å². The van der Waals surface area contributed by atoms with Crippen molar-refractivity contribution in [3.05, 3.63) is 83.3 Å². The lowest BCUT2D eigenvalue weighted by molar-refractivity contribution is -0.139. The van der Waals surface area contributed by atoms with Crippen LogP contribution in [0.15, 0.2) is 70.4 Å². The zero-order valence-electron chi connectivity index (χ0n) is 18.3. The van der Waals surface area contributed by atoms with Crippen molar-refractivity contribution >= 4 is 29.6 Å². The summed E-state index contributed by atoms with van der Waals surface area (Å²) in [6, 6.07) is 15.9. The standard InChI is InChI=1S/C24H24N4O5/c1-16-8-9-21(17(2)11-16)27-22(29)15-33-19-6-3-5-18(12-19)13-26-28-24(31)23(30)25-14-20-7-4-10-32-20/h3-13H,14-15H2,1-2H3,(H,25,30)(H,27,29)(H,28,31)/b26-13-. The van der Waals surface area contributed by atoms with Crippen molar-refractivity contribution in [3.63, 3.8) is 0 Å². The van der Waals surface area contributed by atoms with Crippen LogP contribution >= 0.6 is 0 Å². The molecule has 0 bridgehead atoms. The predicted molar refractivity (Wildman–Crippen MR) is 123 cm³/mol. The van der Waals surface area contributed by atoms with Gasteiger partial charge in [-0.25, -0.2) is 5.43 Å². The number of rotatable bonds is 8. The molecule has 0 fully saturated rings. The van der Waals surface area contributed by atoms with Gasteiger partial charge in [-0.3, -0.25) is 14.4 Å². The third-order valence-corrected chi connectivity index (χ3v) is 4.47. The maximum Gasteiger partial charge on any atom is 0.329 e. The summed E-state index contributed by atoms with van der Waals surface area (Å²) in [7, 11) is 0. The number of hydrogen-bond donors (Lipinski definition) is 3. The highest BCUT2D eigenvalue weighted by Crippen LogP contribution is 2.16. The van der Waals surface area contributed by atoms with Crippen LogP contribution in [0.25, 0.3) is 0 Å². The lowest BCUT2D eigenvalue weighted by atomic mass is 10.1. The van der Waals surface area contributed by atoms with Gasteiger partial charge in [0.15, 0.2) is 6.61 Å². The average Bonchev–Trinajstić information content (AvgIpc) is 3.32.